The molecule has 2 aromatic carbocycles. The highest BCUT2D eigenvalue weighted by Crippen LogP contribution is 2.36. The molecule has 0 amide bonds. The van der Waals surface area contributed by atoms with Crippen LogP contribution in [0.4, 0.5) is 0 Å². The van der Waals surface area contributed by atoms with Crippen molar-refractivity contribution < 1.29 is 18.7 Å². The SMILES string of the molecule is CCOC(=O)C1=C(c2ccccc2)N=c2sc(=Cc3ccc(I)o3)c(=O)n2[C@@H]1c1cccc(OC)c1. The molecule has 9 heteroatoms. The molecule has 0 radical (unpaired) electrons. The van der Waals surface area contributed by atoms with Crippen LogP contribution in [0.5, 0.6) is 5.75 Å². The van der Waals surface area contributed by atoms with Gasteiger partial charge in [0.25, 0.3) is 5.56 Å². The largest absolute Gasteiger partial charge is 0.497 e. The van der Waals surface area contributed by atoms with Crippen molar-refractivity contribution in [1.29, 1.82) is 0 Å². The molecule has 3 heterocycles. The van der Waals surface area contributed by atoms with Crippen LogP contribution in [0.1, 0.15) is 29.9 Å². The lowest BCUT2D eigenvalue weighted by Gasteiger charge is -2.26. The minimum absolute atomic E-state index is 0.191. The first-order valence-electron chi connectivity index (χ1n) is 11.2. The molecule has 1 atom stereocenters. The van der Waals surface area contributed by atoms with Crippen molar-refractivity contribution in [2.75, 3.05) is 13.7 Å². The van der Waals surface area contributed by atoms with Gasteiger partial charge in [0.2, 0.25) is 0 Å². The Labute approximate surface area is 224 Å². The minimum Gasteiger partial charge on any atom is -0.497 e. The molecule has 4 aromatic rings. The van der Waals surface area contributed by atoms with E-state index in [1.807, 2.05) is 60.7 Å². The molecule has 36 heavy (non-hydrogen) atoms. The number of furan rings is 1. The number of benzene rings is 2. The topological polar surface area (TPSA) is 83.0 Å². The number of hydrogen-bond acceptors (Lipinski definition) is 7. The van der Waals surface area contributed by atoms with Gasteiger partial charge in [-0.1, -0.05) is 53.8 Å². The summed E-state index contributed by atoms with van der Waals surface area (Å²) in [5.41, 5.74) is 1.96. The van der Waals surface area contributed by atoms with Crippen LogP contribution in [-0.4, -0.2) is 24.3 Å². The fourth-order valence-electron chi connectivity index (χ4n) is 4.10. The second kappa shape index (κ2) is 10.3. The van der Waals surface area contributed by atoms with E-state index < -0.39 is 12.0 Å². The third kappa shape index (κ3) is 4.56. The number of rotatable bonds is 6. The van der Waals surface area contributed by atoms with Crippen molar-refractivity contribution in [1.82, 2.24) is 4.57 Å². The predicted octanol–water partition coefficient (Wildman–Crippen LogP) is 4.14. The molecule has 7 nitrogen and oxygen atoms in total. The standard InChI is InChI=1S/C27H21IN2O5S/c1-3-34-26(32)22-23(16-8-5-4-6-9-16)29-27-30(24(22)17-10-7-11-18(14-17)33-2)25(31)20(36-27)15-19-12-13-21(28)35-19/h4-15,24H,3H2,1-2H3/t24-/m1/s1. The van der Waals surface area contributed by atoms with Gasteiger partial charge in [-0.2, -0.15) is 0 Å². The maximum atomic E-state index is 13.8. The normalized spacial score (nSPS) is 15.4. The zero-order chi connectivity index (χ0) is 25.2. The molecule has 5 rings (SSSR count). The van der Waals surface area contributed by atoms with Crippen molar-refractivity contribution in [3.63, 3.8) is 0 Å². The number of halogens is 1. The molecule has 1 aliphatic heterocycles. The van der Waals surface area contributed by atoms with E-state index in [0.717, 1.165) is 9.33 Å². The number of hydrogen-bond donors (Lipinski definition) is 0. The highest BCUT2D eigenvalue weighted by Gasteiger charge is 2.35. The van der Waals surface area contributed by atoms with E-state index in [4.69, 9.17) is 18.9 Å². The molecule has 182 valence electrons. The number of ether oxygens (including phenoxy) is 2. The molecule has 2 aromatic heterocycles. The van der Waals surface area contributed by atoms with Gasteiger partial charge in [0.05, 0.1) is 35.6 Å². The number of fused-ring (bicyclic) bond motifs is 1. The third-order valence-electron chi connectivity index (χ3n) is 5.65. The minimum atomic E-state index is -0.760. The van der Waals surface area contributed by atoms with E-state index in [-0.39, 0.29) is 12.2 Å². The Morgan fingerprint density at radius 1 is 1.17 bits per heavy atom. The highest BCUT2D eigenvalue weighted by molar-refractivity contribution is 14.1. The first-order chi connectivity index (χ1) is 17.5. The fraction of sp³-hybridized carbons (Fsp3) is 0.148. The monoisotopic (exact) mass is 612 g/mol. The van der Waals surface area contributed by atoms with Crippen LogP contribution in [0, 0.1) is 3.77 Å². The Kier molecular flexibility index (Phi) is 6.92. The van der Waals surface area contributed by atoms with Gasteiger partial charge in [0.15, 0.2) is 8.57 Å². The number of esters is 1. The highest BCUT2D eigenvalue weighted by atomic mass is 127. The molecule has 0 spiro atoms. The first kappa shape index (κ1) is 24.3. The van der Waals surface area contributed by atoms with E-state index in [1.165, 1.54) is 11.3 Å². The summed E-state index contributed by atoms with van der Waals surface area (Å²) in [4.78, 5) is 32.5. The number of carbonyl (C=O) groups is 1. The van der Waals surface area contributed by atoms with Crippen LogP contribution in [0.2, 0.25) is 0 Å². The zero-order valence-electron chi connectivity index (χ0n) is 19.4. The van der Waals surface area contributed by atoms with Gasteiger partial charge in [-0.05, 0) is 59.3 Å². The molecular weight excluding hydrogens is 591 g/mol. The van der Waals surface area contributed by atoms with Crippen molar-refractivity contribution in [3.05, 3.63) is 113 Å². The van der Waals surface area contributed by atoms with Crippen LogP contribution < -0.4 is 19.6 Å². The summed E-state index contributed by atoms with van der Waals surface area (Å²) in [6.07, 6.45) is 1.70. The Balaban J connectivity index is 1.84. The van der Waals surface area contributed by atoms with Crippen molar-refractivity contribution >= 4 is 51.7 Å². The average molecular weight is 612 g/mol. The van der Waals surface area contributed by atoms with E-state index >= 15 is 0 Å². The van der Waals surface area contributed by atoms with E-state index in [9.17, 15) is 9.59 Å². The second-order valence-corrected chi connectivity index (χ2v) is 9.92. The number of methoxy groups -OCH3 is 1. The van der Waals surface area contributed by atoms with Gasteiger partial charge < -0.3 is 13.9 Å². The van der Waals surface area contributed by atoms with E-state index in [1.54, 1.807) is 30.7 Å². The molecule has 0 unspecified atom stereocenters. The molecular formula is C27H21IN2O5S. The summed E-state index contributed by atoms with van der Waals surface area (Å²) in [5.74, 6) is 0.652. The smallest absolute Gasteiger partial charge is 0.338 e. The number of nitrogens with zero attached hydrogens (tertiary/aromatic N) is 2. The lowest BCUT2D eigenvalue weighted by atomic mass is 9.93. The molecule has 0 saturated carbocycles. The van der Waals surface area contributed by atoms with Gasteiger partial charge in [-0.15, -0.1) is 0 Å². The first-order valence-corrected chi connectivity index (χ1v) is 13.1. The Hall–Kier alpha value is -3.44. The molecule has 0 fully saturated rings. The van der Waals surface area contributed by atoms with Gasteiger partial charge in [0, 0.05) is 11.6 Å². The predicted molar refractivity (Wildman–Crippen MR) is 145 cm³/mol. The zero-order valence-corrected chi connectivity index (χ0v) is 22.4. The lowest BCUT2D eigenvalue weighted by Crippen LogP contribution is -2.40. The molecule has 0 bridgehead atoms. The van der Waals surface area contributed by atoms with Crippen LogP contribution in [-0.2, 0) is 9.53 Å². The maximum Gasteiger partial charge on any atom is 0.338 e. The molecule has 0 aliphatic carbocycles. The average Bonchev–Trinajstić information content (AvgIpc) is 3.45. The molecule has 1 aliphatic rings. The van der Waals surface area contributed by atoms with Crippen LogP contribution >= 0.6 is 33.9 Å². The molecule has 0 saturated heterocycles. The van der Waals surface area contributed by atoms with Gasteiger partial charge in [-0.3, -0.25) is 9.36 Å². The van der Waals surface area contributed by atoms with Crippen molar-refractivity contribution in [3.8, 4) is 5.75 Å². The van der Waals surface area contributed by atoms with Crippen molar-refractivity contribution in [2.45, 2.75) is 13.0 Å². The van der Waals surface area contributed by atoms with Gasteiger partial charge in [0.1, 0.15) is 11.5 Å². The van der Waals surface area contributed by atoms with Crippen LogP contribution in [0.3, 0.4) is 0 Å². The van der Waals surface area contributed by atoms with Crippen LogP contribution in [0.25, 0.3) is 11.8 Å². The summed E-state index contributed by atoms with van der Waals surface area (Å²) in [5, 5.41) is 0. The Morgan fingerprint density at radius 2 is 1.97 bits per heavy atom. The molecule has 0 N–H and O–H groups in total. The van der Waals surface area contributed by atoms with Crippen LogP contribution in [0.15, 0.2) is 86.5 Å². The Morgan fingerprint density at radius 3 is 2.67 bits per heavy atom. The quantitative estimate of drug-likeness (QED) is 0.242. The van der Waals surface area contributed by atoms with E-state index in [0.29, 0.717) is 37.7 Å². The summed E-state index contributed by atoms with van der Waals surface area (Å²) in [7, 11) is 1.58. The van der Waals surface area contributed by atoms with Gasteiger partial charge in [-0.25, -0.2) is 9.79 Å². The summed E-state index contributed by atoms with van der Waals surface area (Å²) < 4.78 is 19.3. The number of carbonyl (C=O) groups excluding carboxylic acids is 1. The summed E-state index contributed by atoms with van der Waals surface area (Å²) in [6.45, 7) is 1.94. The second-order valence-electron chi connectivity index (χ2n) is 7.85. The number of aromatic nitrogens is 1. The Bertz CT molecular complexity index is 1650. The summed E-state index contributed by atoms with van der Waals surface area (Å²) in [6, 6.07) is 19.7. The van der Waals surface area contributed by atoms with E-state index in [2.05, 4.69) is 22.6 Å². The van der Waals surface area contributed by atoms with Gasteiger partial charge >= 0.3 is 5.97 Å². The maximum absolute atomic E-state index is 13.8. The summed E-state index contributed by atoms with van der Waals surface area (Å²) >= 11 is 3.33. The fourth-order valence-corrected chi connectivity index (χ4v) is 5.52. The van der Waals surface area contributed by atoms with Crippen molar-refractivity contribution in [2.24, 2.45) is 4.99 Å². The lowest BCUT2D eigenvalue weighted by molar-refractivity contribution is -0.138. The third-order valence-corrected chi connectivity index (χ3v) is 7.21. The number of thiazole rings is 1.